The van der Waals surface area contributed by atoms with E-state index < -0.39 is 0 Å². The van der Waals surface area contributed by atoms with E-state index in [1.807, 2.05) is 18.2 Å². The van der Waals surface area contributed by atoms with Crippen molar-refractivity contribution in [1.29, 1.82) is 0 Å². The zero-order chi connectivity index (χ0) is 9.36. The van der Waals surface area contributed by atoms with Crippen LogP contribution < -0.4 is 0 Å². The third-order valence-corrected chi connectivity index (χ3v) is 1.95. The van der Waals surface area contributed by atoms with Gasteiger partial charge in [0.2, 0.25) is 0 Å². The lowest BCUT2D eigenvalue weighted by atomic mass is 10.2. The van der Waals surface area contributed by atoms with Crippen LogP contribution in [0.2, 0.25) is 0 Å². The van der Waals surface area contributed by atoms with Crippen LogP contribution in [0.1, 0.15) is 25.3 Å². The maximum Gasteiger partial charge on any atom is 0.0506 e. The van der Waals surface area contributed by atoms with Crippen molar-refractivity contribution in [3.8, 4) is 0 Å². The van der Waals surface area contributed by atoms with Gasteiger partial charge in [-0.25, -0.2) is 0 Å². The smallest absolute Gasteiger partial charge is 0.0506 e. The lowest BCUT2D eigenvalue weighted by Crippen LogP contribution is -1.99. The Labute approximate surface area is 80.7 Å². The van der Waals surface area contributed by atoms with Crippen molar-refractivity contribution in [2.45, 2.75) is 26.2 Å². The highest BCUT2D eigenvalue weighted by molar-refractivity contribution is 5.13. The fourth-order valence-electron chi connectivity index (χ4n) is 1.12. The minimum atomic E-state index is 0.831. The van der Waals surface area contributed by atoms with E-state index in [1.165, 1.54) is 18.4 Å². The van der Waals surface area contributed by atoms with Crippen LogP contribution in [-0.4, -0.2) is 13.2 Å². The molecule has 0 aliphatic heterocycles. The van der Waals surface area contributed by atoms with E-state index in [0.29, 0.717) is 0 Å². The Balaban J connectivity index is 2.07. The van der Waals surface area contributed by atoms with Gasteiger partial charge in [-0.3, -0.25) is 0 Å². The van der Waals surface area contributed by atoms with Crippen molar-refractivity contribution < 1.29 is 4.74 Å². The van der Waals surface area contributed by atoms with Gasteiger partial charge in [-0.2, -0.15) is 0 Å². The standard InChI is InChI=1S/C12H17O/c1-2-3-10-13-11-9-12-7-5-4-6-8-12/h4-5,7-8H,2-3,9-11H2,1H3. The highest BCUT2D eigenvalue weighted by atomic mass is 16.5. The quantitative estimate of drug-likeness (QED) is 0.607. The molecular formula is C12H17O. The first-order valence-electron chi connectivity index (χ1n) is 4.96. The Morgan fingerprint density at radius 1 is 1.38 bits per heavy atom. The molecule has 0 fully saturated rings. The zero-order valence-electron chi connectivity index (χ0n) is 8.25. The molecule has 0 aliphatic carbocycles. The van der Waals surface area contributed by atoms with E-state index in [-0.39, 0.29) is 0 Å². The molecule has 0 N–H and O–H groups in total. The molecule has 1 nitrogen and oxygen atoms in total. The molecule has 0 heterocycles. The number of hydrogen-bond acceptors (Lipinski definition) is 1. The van der Waals surface area contributed by atoms with E-state index in [1.54, 1.807) is 0 Å². The van der Waals surface area contributed by atoms with E-state index in [2.05, 4.69) is 19.1 Å². The van der Waals surface area contributed by atoms with Crippen LogP contribution in [0.15, 0.2) is 24.3 Å². The molecule has 0 bridgehead atoms. The van der Waals surface area contributed by atoms with E-state index in [9.17, 15) is 0 Å². The largest absolute Gasteiger partial charge is 0.381 e. The molecule has 13 heavy (non-hydrogen) atoms. The lowest BCUT2D eigenvalue weighted by Gasteiger charge is -2.02. The molecule has 0 spiro atoms. The summed E-state index contributed by atoms with van der Waals surface area (Å²) < 4.78 is 5.46. The second-order valence-corrected chi connectivity index (χ2v) is 3.13. The second-order valence-electron chi connectivity index (χ2n) is 3.13. The Morgan fingerprint density at radius 2 is 2.31 bits per heavy atom. The normalized spacial score (nSPS) is 10.2. The first-order chi connectivity index (χ1) is 6.43. The topological polar surface area (TPSA) is 9.23 Å². The minimum absolute atomic E-state index is 0.831. The molecule has 0 aliphatic rings. The molecular weight excluding hydrogens is 160 g/mol. The lowest BCUT2D eigenvalue weighted by molar-refractivity contribution is 0.134. The predicted molar refractivity (Wildman–Crippen MR) is 54.7 cm³/mol. The van der Waals surface area contributed by atoms with Gasteiger partial charge in [0.25, 0.3) is 0 Å². The van der Waals surface area contributed by atoms with Gasteiger partial charge in [-0.15, -0.1) is 0 Å². The van der Waals surface area contributed by atoms with Crippen molar-refractivity contribution >= 4 is 0 Å². The Kier molecular flexibility index (Phi) is 5.27. The maximum atomic E-state index is 5.46. The summed E-state index contributed by atoms with van der Waals surface area (Å²) in [5.74, 6) is 0. The third-order valence-electron chi connectivity index (χ3n) is 1.95. The summed E-state index contributed by atoms with van der Waals surface area (Å²) in [5.41, 5.74) is 1.30. The van der Waals surface area contributed by atoms with Gasteiger partial charge in [0.1, 0.15) is 0 Å². The fourth-order valence-corrected chi connectivity index (χ4v) is 1.12. The van der Waals surface area contributed by atoms with Gasteiger partial charge in [0.05, 0.1) is 6.61 Å². The molecule has 1 rings (SSSR count). The summed E-state index contributed by atoms with van der Waals surface area (Å²) in [4.78, 5) is 0. The summed E-state index contributed by atoms with van der Waals surface area (Å²) in [5, 5.41) is 0. The van der Waals surface area contributed by atoms with E-state index in [0.717, 1.165) is 19.6 Å². The number of unbranched alkanes of at least 4 members (excludes halogenated alkanes) is 1. The summed E-state index contributed by atoms with van der Waals surface area (Å²) in [7, 11) is 0. The highest BCUT2D eigenvalue weighted by Gasteiger charge is 1.91. The summed E-state index contributed by atoms with van der Waals surface area (Å²) in [6, 6.07) is 11.1. The molecule has 1 aromatic rings. The molecule has 0 unspecified atom stereocenters. The fraction of sp³-hybridized carbons (Fsp3) is 0.500. The van der Waals surface area contributed by atoms with Gasteiger partial charge >= 0.3 is 0 Å². The SMILES string of the molecule is CCCCOCCc1c[c]ccc1. The molecule has 1 aromatic carbocycles. The van der Waals surface area contributed by atoms with Gasteiger partial charge in [0.15, 0.2) is 0 Å². The first-order valence-corrected chi connectivity index (χ1v) is 4.96. The average molecular weight is 177 g/mol. The van der Waals surface area contributed by atoms with Crippen LogP contribution in [0.4, 0.5) is 0 Å². The van der Waals surface area contributed by atoms with Crippen molar-refractivity contribution in [3.63, 3.8) is 0 Å². The Morgan fingerprint density at radius 3 is 3.00 bits per heavy atom. The van der Waals surface area contributed by atoms with Crippen LogP contribution in [0.5, 0.6) is 0 Å². The maximum absolute atomic E-state index is 5.46. The number of hydrogen-bond donors (Lipinski definition) is 0. The monoisotopic (exact) mass is 177 g/mol. The molecule has 0 aromatic heterocycles. The second kappa shape index (κ2) is 6.67. The molecule has 0 saturated carbocycles. The van der Waals surface area contributed by atoms with Crippen LogP contribution in [0, 0.1) is 6.07 Å². The number of rotatable bonds is 6. The van der Waals surface area contributed by atoms with Gasteiger partial charge in [-0.05, 0) is 24.5 Å². The number of ether oxygens (including phenoxy) is 1. The van der Waals surface area contributed by atoms with Gasteiger partial charge < -0.3 is 4.74 Å². The third kappa shape index (κ3) is 4.69. The Hall–Kier alpha value is -0.820. The molecule has 0 saturated heterocycles. The highest BCUT2D eigenvalue weighted by Crippen LogP contribution is 1.99. The van der Waals surface area contributed by atoms with Crippen molar-refractivity contribution in [3.05, 3.63) is 35.9 Å². The van der Waals surface area contributed by atoms with Crippen molar-refractivity contribution in [2.24, 2.45) is 0 Å². The Bertz CT molecular complexity index is 206. The number of benzene rings is 1. The van der Waals surface area contributed by atoms with E-state index in [4.69, 9.17) is 4.74 Å². The summed E-state index contributed by atoms with van der Waals surface area (Å²) in [6.07, 6.45) is 3.38. The molecule has 1 heteroatoms. The van der Waals surface area contributed by atoms with Crippen LogP contribution in [0.3, 0.4) is 0 Å². The molecule has 0 amide bonds. The summed E-state index contributed by atoms with van der Waals surface area (Å²) in [6.45, 7) is 3.90. The van der Waals surface area contributed by atoms with Crippen LogP contribution in [-0.2, 0) is 11.2 Å². The van der Waals surface area contributed by atoms with Gasteiger partial charge in [-0.1, -0.05) is 37.6 Å². The molecule has 71 valence electrons. The van der Waals surface area contributed by atoms with E-state index >= 15 is 0 Å². The molecule has 1 radical (unpaired) electrons. The summed E-state index contributed by atoms with van der Waals surface area (Å²) >= 11 is 0. The average Bonchev–Trinajstić information content (AvgIpc) is 2.19. The molecule has 0 atom stereocenters. The van der Waals surface area contributed by atoms with Crippen LogP contribution >= 0.6 is 0 Å². The predicted octanol–water partition coefficient (Wildman–Crippen LogP) is 2.85. The van der Waals surface area contributed by atoms with Gasteiger partial charge in [0, 0.05) is 6.61 Å². The first kappa shape index (κ1) is 10.3. The van der Waals surface area contributed by atoms with Crippen molar-refractivity contribution in [1.82, 2.24) is 0 Å². The van der Waals surface area contributed by atoms with Crippen LogP contribution in [0.25, 0.3) is 0 Å². The van der Waals surface area contributed by atoms with Crippen molar-refractivity contribution in [2.75, 3.05) is 13.2 Å². The minimum Gasteiger partial charge on any atom is -0.381 e. The zero-order valence-corrected chi connectivity index (χ0v) is 8.25.